The molecule has 1 aliphatic rings. The SMILES string of the molecule is O=C(c1ccncc1O)N1CCC(CCl)C1. The van der Waals surface area contributed by atoms with Crippen molar-refractivity contribution >= 4 is 17.5 Å². The van der Waals surface area contributed by atoms with Gasteiger partial charge in [-0.3, -0.25) is 9.78 Å². The van der Waals surface area contributed by atoms with Gasteiger partial charge in [0.15, 0.2) is 0 Å². The molecule has 1 atom stereocenters. The predicted molar refractivity (Wildman–Crippen MR) is 60.6 cm³/mol. The van der Waals surface area contributed by atoms with Gasteiger partial charge in [-0.25, -0.2) is 0 Å². The molecule has 5 heteroatoms. The van der Waals surface area contributed by atoms with Crippen LogP contribution in [0.3, 0.4) is 0 Å². The van der Waals surface area contributed by atoms with Gasteiger partial charge in [0.25, 0.3) is 5.91 Å². The molecule has 0 radical (unpaired) electrons. The molecule has 1 saturated heterocycles. The van der Waals surface area contributed by atoms with Gasteiger partial charge in [0.2, 0.25) is 0 Å². The quantitative estimate of drug-likeness (QED) is 0.797. The summed E-state index contributed by atoms with van der Waals surface area (Å²) >= 11 is 5.76. The zero-order valence-electron chi connectivity index (χ0n) is 8.77. The Morgan fingerprint density at radius 1 is 1.69 bits per heavy atom. The summed E-state index contributed by atoms with van der Waals surface area (Å²) in [5, 5.41) is 9.53. The number of aromatic hydroxyl groups is 1. The van der Waals surface area contributed by atoms with E-state index < -0.39 is 0 Å². The summed E-state index contributed by atoms with van der Waals surface area (Å²) in [5.41, 5.74) is 0.310. The van der Waals surface area contributed by atoms with Gasteiger partial charge in [-0.15, -0.1) is 11.6 Å². The first-order chi connectivity index (χ1) is 7.72. The topological polar surface area (TPSA) is 53.4 Å². The lowest BCUT2D eigenvalue weighted by Crippen LogP contribution is -2.28. The lowest BCUT2D eigenvalue weighted by molar-refractivity contribution is 0.0785. The number of carbonyl (C=O) groups excluding carboxylic acids is 1. The minimum Gasteiger partial charge on any atom is -0.505 e. The Morgan fingerprint density at radius 3 is 3.12 bits per heavy atom. The molecule has 4 nitrogen and oxygen atoms in total. The number of nitrogens with zero attached hydrogens (tertiary/aromatic N) is 2. The molecule has 0 aliphatic carbocycles. The highest BCUT2D eigenvalue weighted by atomic mass is 35.5. The maximum absolute atomic E-state index is 12.0. The third kappa shape index (κ3) is 2.11. The van der Waals surface area contributed by atoms with Crippen LogP contribution in [0.1, 0.15) is 16.8 Å². The van der Waals surface area contributed by atoms with Crippen LogP contribution in [0.25, 0.3) is 0 Å². The second-order valence-corrected chi connectivity index (χ2v) is 4.26. The smallest absolute Gasteiger partial charge is 0.257 e. The van der Waals surface area contributed by atoms with Crippen LogP contribution in [0, 0.1) is 5.92 Å². The molecule has 86 valence electrons. The molecule has 16 heavy (non-hydrogen) atoms. The van der Waals surface area contributed by atoms with E-state index in [-0.39, 0.29) is 11.7 Å². The Labute approximate surface area is 98.9 Å². The van der Waals surface area contributed by atoms with E-state index in [0.717, 1.165) is 6.42 Å². The van der Waals surface area contributed by atoms with Crippen molar-refractivity contribution in [3.05, 3.63) is 24.0 Å². The third-order valence-electron chi connectivity index (χ3n) is 2.82. The van der Waals surface area contributed by atoms with Crippen LogP contribution < -0.4 is 0 Å². The number of rotatable bonds is 2. The van der Waals surface area contributed by atoms with Crippen molar-refractivity contribution in [3.63, 3.8) is 0 Å². The number of alkyl halides is 1. The van der Waals surface area contributed by atoms with Crippen molar-refractivity contribution in [2.75, 3.05) is 19.0 Å². The molecule has 1 fully saturated rings. The largest absolute Gasteiger partial charge is 0.505 e. The molecule has 2 heterocycles. The Hall–Kier alpha value is -1.29. The number of halogens is 1. The van der Waals surface area contributed by atoms with E-state index in [9.17, 15) is 9.90 Å². The molecule has 0 spiro atoms. The lowest BCUT2D eigenvalue weighted by atomic mass is 10.2. The number of aromatic nitrogens is 1. The first-order valence-corrected chi connectivity index (χ1v) is 5.74. The molecule has 1 unspecified atom stereocenters. The van der Waals surface area contributed by atoms with Crippen molar-refractivity contribution < 1.29 is 9.90 Å². The lowest BCUT2D eigenvalue weighted by Gasteiger charge is -2.16. The van der Waals surface area contributed by atoms with Gasteiger partial charge in [-0.05, 0) is 18.4 Å². The fourth-order valence-corrected chi connectivity index (χ4v) is 2.13. The molecule has 1 aromatic rings. The first-order valence-electron chi connectivity index (χ1n) is 5.20. The fraction of sp³-hybridized carbons (Fsp3) is 0.455. The van der Waals surface area contributed by atoms with Crippen molar-refractivity contribution in [3.8, 4) is 5.75 Å². The molecule has 1 aliphatic heterocycles. The zero-order chi connectivity index (χ0) is 11.5. The molecule has 0 bridgehead atoms. The maximum atomic E-state index is 12.0. The van der Waals surface area contributed by atoms with Crippen LogP contribution in [0.5, 0.6) is 5.75 Å². The van der Waals surface area contributed by atoms with E-state index in [0.29, 0.717) is 30.5 Å². The van der Waals surface area contributed by atoms with Crippen LogP contribution in [0.2, 0.25) is 0 Å². The molecule has 1 aromatic heterocycles. The molecule has 2 rings (SSSR count). The highest BCUT2D eigenvalue weighted by Crippen LogP contribution is 2.22. The number of amides is 1. The summed E-state index contributed by atoms with van der Waals surface area (Å²) < 4.78 is 0. The fourth-order valence-electron chi connectivity index (χ4n) is 1.88. The first kappa shape index (κ1) is 11.2. The Balaban J connectivity index is 2.12. The van der Waals surface area contributed by atoms with Crippen molar-refractivity contribution in [2.24, 2.45) is 5.92 Å². The van der Waals surface area contributed by atoms with Gasteiger partial charge in [0.1, 0.15) is 5.75 Å². The van der Waals surface area contributed by atoms with Crippen LogP contribution >= 0.6 is 11.6 Å². The van der Waals surface area contributed by atoms with Gasteiger partial charge in [-0.2, -0.15) is 0 Å². The number of hydrogen-bond acceptors (Lipinski definition) is 3. The average molecular weight is 241 g/mol. The van der Waals surface area contributed by atoms with Crippen LogP contribution in [0.4, 0.5) is 0 Å². The molecule has 0 saturated carbocycles. The molecule has 0 aromatic carbocycles. The van der Waals surface area contributed by atoms with Crippen LogP contribution in [0.15, 0.2) is 18.5 Å². The van der Waals surface area contributed by atoms with E-state index in [1.54, 1.807) is 4.90 Å². The van der Waals surface area contributed by atoms with Gasteiger partial charge < -0.3 is 10.0 Å². The Morgan fingerprint density at radius 2 is 2.50 bits per heavy atom. The van der Waals surface area contributed by atoms with Gasteiger partial charge in [0, 0.05) is 25.2 Å². The monoisotopic (exact) mass is 240 g/mol. The average Bonchev–Trinajstić information content (AvgIpc) is 2.77. The minimum absolute atomic E-state index is 0.0678. The summed E-state index contributed by atoms with van der Waals surface area (Å²) in [4.78, 5) is 17.5. The third-order valence-corrected chi connectivity index (χ3v) is 3.26. The van der Waals surface area contributed by atoms with Gasteiger partial charge in [0.05, 0.1) is 11.8 Å². The number of likely N-dealkylation sites (tertiary alicyclic amines) is 1. The molecule has 1 amide bonds. The van der Waals surface area contributed by atoms with Gasteiger partial charge in [-0.1, -0.05) is 0 Å². The van der Waals surface area contributed by atoms with Crippen LogP contribution in [-0.4, -0.2) is 39.9 Å². The summed E-state index contributed by atoms with van der Waals surface area (Å²) in [6.07, 6.45) is 3.71. The summed E-state index contributed by atoms with van der Waals surface area (Å²) in [6.45, 7) is 1.38. The van der Waals surface area contributed by atoms with E-state index >= 15 is 0 Å². The second kappa shape index (κ2) is 4.70. The van der Waals surface area contributed by atoms with E-state index in [2.05, 4.69) is 4.98 Å². The molecule has 1 N–H and O–H groups in total. The van der Waals surface area contributed by atoms with E-state index in [4.69, 9.17) is 11.6 Å². The number of hydrogen-bond donors (Lipinski definition) is 1. The summed E-state index contributed by atoms with van der Waals surface area (Å²) in [7, 11) is 0. The zero-order valence-corrected chi connectivity index (χ0v) is 9.52. The Bertz CT molecular complexity index is 397. The highest BCUT2D eigenvalue weighted by molar-refractivity contribution is 6.18. The number of carbonyl (C=O) groups is 1. The molecular formula is C11H13ClN2O2. The normalized spacial score (nSPS) is 20.1. The number of pyridine rings is 1. The van der Waals surface area contributed by atoms with Crippen LogP contribution in [-0.2, 0) is 0 Å². The van der Waals surface area contributed by atoms with Crippen molar-refractivity contribution in [2.45, 2.75) is 6.42 Å². The van der Waals surface area contributed by atoms with Crippen molar-refractivity contribution in [1.29, 1.82) is 0 Å². The standard InChI is InChI=1S/C11H13ClN2O2/c12-5-8-2-4-14(7-8)11(16)9-1-3-13-6-10(9)15/h1,3,6,8,15H,2,4-5,7H2. The highest BCUT2D eigenvalue weighted by Gasteiger charge is 2.27. The molecular weight excluding hydrogens is 228 g/mol. The summed E-state index contributed by atoms with van der Waals surface area (Å²) in [6, 6.07) is 1.53. The maximum Gasteiger partial charge on any atom is 0.257 e. The van der Waals surface area contributed by atoms with E-state index in [1.165, 1.54) is 18.5 Å². The summed E-state index contributed by atoms with van der Waals surface area (Å²) in [5.74, 6) is 0.732. The van der Waals surface area contributed by atoms with Crippen molar-refractivity contribution in [1.82, 2.24) is 9.88 Å². The minimum atomic E-state index is -0.146. The predicted octanol–water partition coefficient (Wildman–Crippen LogP) is 1.49. The van der Waals surface area contributed by atoms with Gasteiger partial charge >= 0.3 is 0 Å². The second-order valence-electron chi connectivity index (χ2n) is 3.95. The Kier molecular flexibility index (Phi) is 3.29. The van der Waals surface area contributed by atoms with E-state index in [1.807, 2.05) is 0 Å².